The minimum Gasteiger partial charge on any atom is -0.347 e. The molecule has 0 aromatic heterocycles. The van der Waals surface area contributed by atoms with Crippen molar-refractivity contribution >= 4 is 6.41 Å². The summed E-state index contributed by atoms with van der Waals surface area (Å²) in [4.78, 5) is 10.1. The van der Waals surface area contributed by atoms with E-state index in [1.807, 2.05) is 37.3 Å². The number of amides is 1. The molecule has 0 aliphatic heterocycles. The van der Waals surface area contributed by atoms with Crippen LogP contribution < -0.4 is 5.32 Å². The van der Waals surface area contributed by atoms with Crippen LogP contribution in [-0.2, 0) is 4.79 Å². The molecule has 0 saturated carbocycles. The van der Waals surface area contributed by atoms with E-state index in [1.165, 1.54) is 0 Å². The molecule has 1 N–H and O–H groups in total. The maximum Gasteiger partial charge on any atom is 0.207 e. The van der Waals surface area contributed by atoms with Crippen LogP contribution in [0.3, 0.4) is 0 Å². The molecule has 1 radical (unpaired) electrons. The highest BCUT2D eigenvalue weighted by Crippen LogP contribution is 2.08. The molecule has 1 rings (SSSR count). The second kappa shape index (κ2) is 3.76. The lowest BCUT2D eigenvalue weighted by molar-refractivity contribution is -0.109. The van der Waals surface area contributed by atoms with Gasteiger partial charge in [0.1, 0.15) is 0 Å². The van der Waals surface area contributed by atoms with Gasteiger partial charge < -0.3 is 5.32 Å². The lowest BCUT2D eigenvalue weighted by atomic mass is 10.1. The van der Waals surface area contributed by atoms with Gasteiger partial charge in [0.25, 0.3) is 0 Å². The average Bonchev–Trinajstić information content (AvgIpc) is 2.07. The molecule has 0 heterocycles. The van der Waals surface area contributed by atoms with E-state index < -0.39 is 0 Å². The monoisotopic (exact) mass is 148 g/mol. The van der Waals surface area contributed by atoms with Gasteiger partial charge in [-0.15, -0.1) is 0 Å². The molecule has 11 heavy (non-hydrogen) atoms. The van der Waals surface area contributed by atoms with E-state index in [0.29, 0.717) is 6.41 Å². The standard InChI is InChI=1S/C9H10NO/c1-8(10-7-11)9-5-3-2-4-6-9/h2-7H,1H3,(H,10,11). The van der Waals surface area contributed by atoms with Crippen molar-refractivity contribution in [3.63, 3.8) is 0 Å². The predicted octanol–water partition coefficient (Wildman–Crippen LogP) is 1.33. The molecule has 2 heteroatoms. The minimum atomic E-state index is 0.683. The minimum absolute atomic E-state index is 0.683. The first-order chi connectivity index (χ1) is 5.34. The van der Waals surface area contributed by atoms with E-state index in [4.69, 9.17) is 0 Å². The highest BCUT2D eigenvalue weighted by molar-refractivity contribution is 5.51. The summed E-state index contributed by atoms with van der Waals surface area (Å²) >= 11 is 0. The Bertz CT molecular complexity index is 220. The highest BCUT2D eigenvalue weighted by Gasteiger charge is 2.01. The number of hydrogen-bond acceptors (Lipinski definition) is 1. The first-order valence-electron chi connectivity index (χ1n) is 3.44. The van der Waals surface area contributed by atoms with E-state index in [2.05, 4.69) is 5.32 Å². The van der Waals surface area contributed by atoms with Crippen molar-refractivity contribution in [2.75, 3.05) is 0 Å². The molecule has 0 aliphatic rings. The Morgan fingerprint density at radius 3 is 2.55 bits per heavy atom. The van der Waals surface area contributed by atoms with Crippen molar-refractivity contribution in [2.24, 2.45) is 0 Å². The second-order valence-corrected chi connectivity index (χ2v) is 2.25. The fourth-order valence-electron chi connectivity index (χ4n) is 0.860. The van der Waals surface area contributed by atoms with Crippen LogP contribution in [0.25, 0.3) is 0 Å². The van der Waals surface area contributed by atoms with Gasteiger partial charge in [-0.05, 0) is 12.5 Å². The molecular weight excluding hydrogens is 138 g/mol. The van der Waals surface area contributed by atoms with Crippen LogP contribution in [0, 0.1) is 6.04 Å². The van der Waals surface area contributed by atoms with Gasteiger partial charge in [-0.25, -0.2) is 0 Å². The number of rotatable bonds is 3. The van der Waals surface area contributed by atoms with Gasteiger partial charge in [-0.2, -0.15) is 0 Å². The summed E-state index contributed by atoms with van der Waals surface area (Å²) in [7, 11) is 0. The molecule has 0 atom stereocenters. The molecule has 0 spiro atoms. The van der Waals surface area contributed by atoms with E-state index in [-0.39, 0.29) is 0 Å². The maximum atomic E-state index is 10.1. The largest absolute Gasteiger partial charge is 0.347 e. The van der Waals surface area contributed by atoms with Crippen molar-refractivity contribution in [2.45, 2.75) is 6.92 Å². The Hall–Kier alpha value is -1.31. The van der Waals surface area contributed by atoms with E-state index in [0.717, 1.165) is 11.6 Å². The maximum absolute atomic E-state index is 10.1. The van der Waals surface area contributed by atoms with Crippen molar-refractivity contribution in [3.05, 3.63) is 41.9 Å². The van der Waals surface area contributed by atoms with Crippen molar-refractivity contribution in [3.8, 4) is 0 Å². The van der Waals surface area contributed by atoms with Crippen LogP contribution in [0.1, 0.15) is 12.5 Å². The third kappa shape index (κ3) is 2.08. The van der Waals surface area contributed by atoms with Gasteiger partial charge >= 0.3 is 0 Å². The number of benzene rings is 1. The Balaban J connectivity index is 2.68. The van der Waals surface area contributed by atoms with Gasteiger partial charge in [-0.3, -0.25) is 4.79 Å². The molecular formula is C9H10NO. The molecule has 0 unspecified atom stereocenters. The molecule has 0 fully saturated rings. The molecule has 0 bridgehead atoms. The van der Waals surface area contributed by atoms with Gasteiger partial charge in [0.15, 0.2) is 0 Å². The zero-order chi connectivity index (χ0) is 8.10. The van der Waals surface area contributed by atoms with Gasteiger partial charge in [0.2, 0.25) is 6.41 Å². The van der Waals surface area contributed by atoms with Crippen LogP contribution in [0.4, 0.5) is 0 Å². The van der Waals surface area contributed by atoms with E-state index in [9.17, 15) is 4.79 Å². The van der Waals surface area contributed by atoms with E-state index >= 15 is 0 Å². The molecule has 0 saturated heterocycles. The van der Waals surface area contributed by atoms with Crippen LogP contribution in [-0.4, -0.2) is 6.41 Å². The van der Waals surface area contributed by atoms with Crippen LogP contribution in [0.15, 0.2) is 30.3 Å². The number of hydrogen-bond donors (Lipinski definition) is 1. The Kier molecular flexibility index (Phi) is 2.66. The lowest BCUT2D eigenvalue weighted by Gasteiger charge is -2.07. The number of carbonyl (C=O) groups is 1. The zero-order valence-electron chi connectivity index (χ0n) is 6.37. The molecule has 57 valence electrons. The fourth-order valence-corrected chi connectivity index (χ4v) is 0.860. The Labute approximate surface area is 66.2 Å². The normalized spacial score (nSPS) is 9.64. The van der Waals surface area contributed by atoms with Crippen molar-refractivity contribution in [1.82, 2.24) is 5.32 Å². The lowest BCUT2D eigenvalue weighted by Crippen LogP contribution is -2.16. The van der Waals surface area contributed by atoms with E-state index in [1.54, 1.807) is 0 Å². The average molecular weight is 148 g/mol. The summed E-state index contributed by atoms with van der Waals surface area (Å²) in [6, 6.07) is 10.6. The molecule has 0 aliphatic carbocycles. The molecule has 2 nitrogen and oxygen atoms in total. The third-order valence-electron chi connectivity index (χ3n) is 1.48. The second-order valence-electron chi connectivity index (χ2n) is 2.25. The first kappa shape index (κ1) is 7.79. The summed E-state index contributed by atoms with van der Waals surface area (Å²) in [5, 5.41) is 2.60. The van der Waals surface area contributed by atoms with Crippen molar-refractivity contribution < 1.29 is 4.79 Å². The topological polar surface area (TPSA) is 29.1 Å². The van der Waals surface area contributed by atoms with Crippen LogP contribution >= 0.6 is 0 Å². The summed E-state index contributed by atoms with van der Waals surface area (Å²) in [5.41, 5.74) is 1.04. The summed E-state index contributed by atoms with van der Waals surface area (Å²) in [6.07, 6.45) is 0.683. The molecule has 1 aromatic rings. The summed E-state index contributed by atoms with van der Waals surface area (Å²) < 4.78 is 0. The number of nitrogens with one attached hydrogen (secondary N) is 1. The molecule has 1 amide bonds. The molecule has 1 aromatic carbocycles. The SMILES string of the molecule is C[C](NC=O)c1ccccc1. The van der Waals surface area contributed by atoms with Crippen molar-refractivity contribution in [1.29, 1.82) is 0 Å². The Morgan fingerprint density at radius 1 is 1.36 bits per heavy atom. The quantitative estimate of drug-likeness (QED) is 0.644. The van der Waals surface area contributed by atoms with Gasteiger partial charge in [0.05, 0.1) is 6.04 Å². The highest BCUT2D eigenvalue weighted by atomic mass is 16.1. The zero-order valence-corrected chi connectivity index (χ0v) is 6.37. The Morgan fingerprint density at radius 2 is 2.00 bits per heavy atom. The predicted molar refractivity (Wildman–Crippen MR) is 43.7 cm³/mol. The number of carbonyl (C=O) groups excluding carboxylic acids is 1. The van der Waals surface area contributed by atoms with Crippen LogP contribution in [0.5, 0.6) is 0 Å². The summed E-state index contributed by atoms with van der Waals surface area (Å²) in [6.45, 7) is 1.86. The fraction of sp³-hybridized carbons (Fsp3) is 0.111. The first-order valence-corrected chi connectivity index (χ1v) is 3.44. The van der Waals surface area contributed by atoms with Crippen LogP contribution in [0.2, 0.25) is 0 Å². The van der Waals surface area contributed by atoms with Gasteiger partial charge in [-0.1, -0.05) is 30.3 Å². The smallest absolute Gasteiger partial charge is 0.207 e. The van der Waals surface area contributed by atoms with Gasteiger partial charge in [0, 0.05) is 0 Å². The third-order valence-corrected chi connectivity index (χ3v) is 1.48. The summed E-state index contributed by atoms with van der Waals surface area (Å²) in [5.74, 6) is 0.